The number of anilines is 2. The average molecular weight is 626 g/mol. The van der Waals surface area contributed by atoms with E-state index in [9.17, 15) is 14.4 Å². The Kier molecular flexibility index (Phi) is 10.4. The maximum atomic E-state index is 14.1. The zero-order valence-electron chi connectivity index (χ0n) is 26.9. The van der Waals surface area contributed by atoms with Crippen molar-refractivity contribution >= 4 is 40.2 Å². The van der Waals surface area contributed by atoms with E-state index in [0.29, 0.717) is 56.5 Å². The lowest BCUT2D eigenvalue weighted by atomic mass is 9.92. The molecule has 2 unspecified atom stereocenters. The second-order valence-corrected chi connectivity index (χ2v) is 11.8. The topological polar surface area (TPSA) is 122 Å². The van der Waals surface area contributed by atoms with Crippen LogP contribution in [0, 0.1) is 0 Å². The van der Waals surface area contributed by atoms with Crippen molar-refractivity contribution in [2.75, 3.05) is 57.5 Å². The van der Waals surface area contributed by atoms with Crippen LogP contribution in [-0.2, 0) is 11.3 Å². The number of ether oxygens (including phenoxy) is 1. The largest absolute Gasteiger partial charge is 0.492 e. The van der Waals surface area contributed by atoms with Gasteiger partial charge in [0.2, 0.25) is 5.91 Å². The molecule has 2 heterocycles. The molecular weight excluding hydrogens is 582 g/mol. The van der Waals surface area contributed by atoms with Gasteiger partial charge >= 0.3 is 12.1 Å². The summed E-state index contributed by atoms with van der Waals surface area (Å²) in [5.74, 6) is -0.165. The number of rotatable bonds is 10. The molecule has 4 N–H and O–H groups in total. The first kappa shape index (κ1) is 32.4. The zero-order chi connectivity index (χ0) is 32.6. The first-order valence-corrected chi connectivity index (χ1v) is 15.7. The molecule has 0 spiro atoms. The van der Waals surface area contributed by atoms with E-state index in [0.717, 1.165) is 22.0 Å². The van der Waals surface area contributed by atoms with Crippen LogP contribution in [0.15, 0.2) is 79.0 Å². The molecule has 1 saturated heterocycles. The van der Waals surface area contributed by atoms with E-state index in [1.165, 1.54) is 0 Å². The number of para-hydroxylation sites is 2. The Morgan fingerprint density at radius 2 is 1.57 bits per heavy atom. The summed E-state index contributed by atoms with van der Waals surface area (Å²) < 4.78 is 5.84. The minimum atomic E-state index is -0.905. The smallest absolute Gasteiger partial charge is 0.321 e. The van der Waals surface area contributed by atoms with Gasteiger partial charge in [0.15, 0.2) is 0 Å². The van der Waals surface area contributed by atoms with Gasteiger partial charge in [-0.05, 0) is 62.5 Å². The summed E-state index contributed by atoms with van der Waals surface area (Å²) in [6, 6.07) is 21.5. The van der Waals surface area contributed by atoms with Crippen molar-refractivity contribution in [3.63, 3.8) is 0 Å². The Bertz CT molecular complexity index is 1650. The van der Waals surface area contributed by atoms with Gasteiger partial charge in [-0.15, -0.1) is 0 Å². The summed E-state index contributed by atoms with van der Waals surface area (Å²) in [7, 11) is 3.97. The van der Waals surface area contributed by atoms with Crippen LogP contribution < -0.4 is 20.7 Å². The van der Waals surface area contributed by atoms with Gasteiger partial charge in [-0.3, -0.25) is 4.79 Å². The highest BCUT2D eigenvalue weighted by Crippen LogP contribution is 2.31. The molecular formula is C35H43N7O4. The number of nitrogens with one attached hydrogen (secondary N) is 4. The van der Waals surface area contributed by atoms with Gasteiger partial charge < -0.3 is 40.4 Å². The first-order valence-electron chi connectivity index (χ1n) is 15.7. The maximum absolute atomic E-state index is 14.1. The van der Waals surface area contributed by atoms with E-state index >= 15 is 0 Å². The molecule has 3 aromatic carbocycles. The molecule has 1 aliphatic rings. The van der Waals surface area contributed by atoms with Crippen molar-refractivity contribution in [3.8, 4) is 5.75 Å². The Morgan fingerprint density at radius 3 is 2.26 bits per heavy atom. The van der Waals surface area contributed by atoms with Crippen LogP contribution in [0.1, 0.15) is 30.9 Å². The third-order valence-corrected chi connectivity index (χ3v) is 8.15. The van der Waals surface area contributed by atoms with Gasteiger partial charge in [0, 0.05) is 61.4 Å². The molecule has 11 nitrogen and oxygen atoms in total. The molecule has 11 heteroatoms. The van der Waals surface area contributed by atoms with Crippen LogP contribution in [0.3, 0.4) is 0 Å². The number of benzene rings is 3. The van der Waals surface area contributed by atoms with Crippen LogP contribution in [0.4, 0.5) is 21.0 Å². The third kappa shape index (κ3) is 7.78. The highest BCUT2D eigenvalue weighted by molar-refractivity contribution is 5.99. The lowest BCUT2D eigenvalue weighted by Crippen LogP contribution is -2.57. The standard InChI is InChI=1S/C35H43N7O4/c1-5-46-31-16-15-25(23-40(3)4)21-30(31)38-33(43)32(24(2)28-22-36-29-14-10-9-13-27(28)29)39-35(45)42-19-17-41(18-20-42)34(44)37-26-11-7-6-8-12-26/h6-16,21-22,24,32,36H,5,17-20,23H2,1-4H3,(H,37,44)(H,38,43)(H,39,45). The molecule has 46 heavy (non-hydrogen) atoms. The second-order valence-electron chi connectivity index (χ2n) is 11.8. The van der Waals surface area contributed by atoms with Crippen LogP contribution in [0.5, 0.6) is 5.75 Å². The van der Waals surface area contributed by atoms with Crippen LogP contribution in [0.25, 0.3) is 10.9 Å². The number of carbonyl (C=O) groups is 3. The molecule has 0 bridgehead atoms. The third-order valence-electron chi connectivity index (χ3n) is 8.15. The highest BCUT2D eigenvalue weighted by Gasteiger charge is 2.33. The summed E-state index contributed by atoms with van der Waals surface area (Å²) >= 11 is 0. The predicted molar refractivity (Wildman–Crippen MR) is 181 cm³/mol. The predicted octanol–water partition coefficient (Wildman–Crippen LogP) is 5.30. The van der Waals surface area contributed by atoms with Crippen LogP contribution >= 0.6 is 0 Å². The Hall–Kier alpha value is -5.03. The fourth-order valence-electron chi connectivity index (χ4n) is 5.76. The SMILES string of the molecule is CCOc1ccc(CN(C)C)cc1NC(=O)C(NC(=O)N1CCN(C(=O)Nc2ccccc2)CC1)C(C)c1c[nH]c2ccccc12. The summed E-state index contributed by atoms with van der Waals surface area (Å²) in [4.78, 5) is 49.3. The fraction of sp³-hybridized carbons (Fsp3) is 0.343. The molecule has 1 aliphatic heterocycles. The lowest BCUT2D eigenvalue weighted by molar-refractivity contribution is -0.118. The number of aromatic amines is 1. The number of aromatic nitrogens is 1. The van der Waals surface area contributed by atoms with Gasteiger partial charge in [0.05, 0.1) is 12.3 Å². The number of hydrogen-bond donors (Lipinski definition) is 4. The summed E-state index contributed by atoms with van der Waals surface area (Å²) in [5.41, 5.74) is 4.16. The van der Waals surface area contributed by atoms with Crippen molar-refractivity contribution in [2.24, 2.45) is 0 Å². The normalized spacial score (nSPS) is 14.5. The molecule has 5 rings (SSSR count). The molecule has 1 fully saturated rings. The minimum absolute atomic E-state index is 0.210. The molecule has 0 saturated carbocycles. The minimum Gasteiger partial charge on any atom is -0.492 e. The monoisotopic (exact) mass is 625 g/mol. The van der Waals surface area contributed by atoms with Crippen molar-refractivity contribution in [2.45, 2.75) is 32.4 Å². The molecule has 0 radical (unpaired) electrons. The quantitative estimate of drug-likeness (QED) is 0.191. The number of piperazine rings is 1. The van der Waals surface area contributed by atoms with E-state index in [1.54, 1.807) is 9.80 Å². The second kappa shape index (κ2) is 14.8. The van der Waals surface area contributed by atoms with E-state index in [-0.39, 0.29) is 23.9 Å². The highest BCUT2D eigenvalue weighted by atomic mass is 16.5. The molecule has 5 amide bonds. The summed E-state index contributed by atoms with van der Waals surface area (Å²) in [5, 5.41) is 9.99. The van der Waals surface area contributed by atoms with E-state index in [4.69, 9.17) is 4.74 Å². The number of nitrogens with zero attached hydrogens (tertiary/aromatic N) is 3. The number of urea groups is 2. The lowest BCUT2D eigenvalue weighted by Gasteiger charge is -2.36. The van der Waals surface area contributed by atoms with E-state index in [1.807, 2.05) is 107 Å². The molecule has 2 atom stereocenters. The van der Waals surface area contributed by atoms with Gasteiger partial charge in [0.25, 0.3) is 0 Å². The van der Waals surface area contributed by atoms with E-state index < -0.39 is 6.04 Å². The summed E-state index contributed by atoms with van der Waals surface area (Å²) in [6.45, 7) is 6.39. The molecule has 4 aromatic rings. The van der Waals surface area contributed by atoms with Gasteiger partial charge in [-0.2, -0.15) is 0 Å². The van der Waals surface area contributed by atoms with Crippen molar-refractivity contribution in [1.82, 2.24) is 25.0 Å². The van der Waals surface area contributed by atoms with Gasteiger partial charge in [0.1, 0.15) is 11.8 Å². The van der Waals surface area contributed by atoms with Gasteiger partial charge in [-0.25, -0.2) is 9.59 Å². The molecule has 0 aliphatic carbocycles. The number of hydrogen-bond acceptors (Lipinski definition) is 5. The number of amides is 5. The molecule has 1 aromatic heterocycles. The average Bonchev–Trinajstić information content (AvgIpc) is 3.49. The first-order chi connectivity index (χ1) is 22.2. The van der Waals surface area contributed by atoms with Gasteiger partial charge in [-0.1, -0.05) is 49.4 Å². The number of carbonyl (C=O) groups excluding carboxylic acids is 3. The number of fused-ring (bicyclic) bond motifs is 1. The van der Waals surface area contributed by atoms with Crippen molar-refractivity contribution < 1.29 is 19.1 Å². The Morgan fingerprint density at radius 1 is 0.891 bits per heavy atom. The maximum Gasteiger partial charge on any atom is 0.321 e. The molecule has 242 valence electrons. The zero-order valence-corrected chi connectivity index (χ0v) is 26.9. The van der Waals surface area contributed by atoms with Crippen LogP contribution in [0.2, 0.25) is 0 Å². The number of H-pyrrole nitrogens is 1. The fourth-order valence-corrected chi connectivity index (χ4v) is 5.76. The van der Waals surface area contributed by atoms with Crippen LogP contribution in [-0.4, -0.2) is 90.6 Å². The van der Waals surface area contributed by atoms with Crippen molar-refractivity contribution in [3.05, 3.63) is 90.1 Å². The summed E-state index contributed by atoms with van der Waals surface area (Å²) in [6.07, 6.45) is 1.90. The Balaban J connectivity index is 1.34. The van der Waals surface area contributed by atoms with Crippen molar-refractivity contribution in [1.29, 1.82) is 0 Å². The van der Waals surface area contributed by atoms with E-state index in [2.05, 4.69) is 25.8 Å². The Labute approximate surface area is 269 Å².